The summed E-state index contributed by atoms with van der Waals surface area (Å²) in [6.07, 6.45) is 4.69. The maximum atomic E-state index is 10.8. The van der Waals surface area contributed by atoms with Crippen molar-refractivity contribution in [2.24, 2.45) is 0 Å². The standard InChI is InChI=1S/C9H14O4/c1-9(5-3-2-4-6-9)13-8(12)7(10)11/h2-6H2,1H3,(H,10,11). The molecule has 1 fully saturated rings. The molecule has 74 valence electrons. The van der Waals surface area contributed by atoms with Gasteiger partial charge in [-0.25, -0.2) is 9.59 Å². The van der Waals surface area contributed by atoms with Crippen LogP contribution in [-0.4, -0.2) is 22.6 Å². The Hall–Kier alpha value is -1.06. The van der Waals surface area contributed by atoms with Crippen LogP contribution < -0.4 is 0 Å². The fourth-order valence-electron chi connectivity index (χ4n) is 1.67. The Balaban J connectivity index is 2.50. The molecular formula is C9H14O4. The van der Waals surface area contributed by atoms with E-state index in [2.05, 4.69) is 0 Å². The molecule has 0 amide bonds. The van der Waals surface area contributed by atoms with E-state index in [1.807, 2.05) is 0 Å². The van der Waals surface area contributed by atoms with Gasteiger partial charge < -0.3 is 9.84 Å². The van der Waals surface area contributed by atoms with E-state index in [-0.39, 0.29) is 0 Å². The Kier molecular flexibility index (Phi) is 2.90. The van der Waals surface area contributed by atoms with Crippen molar-refractivity contribution >= 4 is 11.9 Å². The molecule has 0 aliphatic heterocycles. The van der Waals surface area contributed by atoms with Gasteiger partial charge in [0.05, 0.1) is 0 Å². The predicted molar refractivity (Wildman–Crippen MR) is 45.2 cm³/mol. The third kappa shape index (κ3) is 2.72. The zero-order valence-corrected chi connectivity index (χ0v) is 7.71. The number of rotatable bonds is 1. The van der Waals surface area contributed by atoms with Gasteiger partial charge in [0.25, 0.3) is 0 Å². The summed E-state index contributed by atoms with van der Waals surface area (Å²) in [6.45, 7) is 1.80. The molecule has 0 heterocycles. The molecule has 0 radical (unpaired) electrons. The van der Waals surface area contributed by atoms with Gasteiger partial charge >= 0.3 is 11.9 Å². The first-order valence-corrected chi connectivity index (χ1v) is 4.50. The van der Waals surface area contributed by atoms with Crippen LogP contribution in [0.3, 0.4) is 0 Å². The highest BCUT2D eigenvalue weighted by molar-refractivity contribution is 6.28. The Morgan fingerprint density at radius 3 is 2.23 bits per heavy atom. The zero-order valence-electron chi connectivity index (χ0n) is 7.71. The summed E-state index contributed by atoms with van der Waals surface area (Å²) < 4.78 is 4.90. The molecule has 0 spiro atoms. The van der Waals surface area contributed by atoms with Gasteiger partial charge in [-0.1, -0.05) is 6.42 Å². The zero-order chi connectivity index (χ0) is 9.90. The molecule has 0 atom stereocenters. The van der Waals surface area contributed by atoms with E-state index in [4.69, 9.17) is 9.84 Å². The second kappa shape index (κ2) is 3.77. The van der Waals surface area contributed by atoms with Gasteiger partial charge in [0, 0.05) is 0 Å². The number of hydrogen-bond acceptors (Lipinski definition) is 3. The summed E-state index contributed by atoms with van der Waals surface area (Å²) in [5.41, 5.74) is -0.548. The van der Waals surface area contributed by atoms with Gasteiger partial charge in [-0.3, -0.25) is 0 Å². The van der Waals surface area contributed by atoms with E-state index in [0.29, 0.717) is 0 Å². The Bertz CT molecular complexity index is 216. The molecule has 0 bridgehead atoms. The largest absolute Gasteiger partial charge is 0.473 e. The minimum absolute atomic E-state index is 0.548. The smallest absolute Gasteiger partial charge is 0.417 e. The maximum absolute atomic E-state index is 10.8. The molecule has 0 unspecified atom stereocenters. The average Bonchev–Trinajstić information content (AvgIpc) is 2.04. The van der Waals surface area contributed by atoms with Gasteiger partial charge in [-0.2, -0.15) is 0 Å². The molecule has 0 aromatic rings. The third-order valence-corrected chi connectivity index (χ3v) is 2.42. The molecule has 4 heteroatoms. The Labute approximate surface area is 76.9 Å². The number of carboxylic acid groups (broad SMARTS) is 1. The van der Waals surface area contributed by atoms with Crippen molar-refractivity contribution in [3.63, 3.8) is 0 Å². The van der Waals surface area contributed by atoms with E-state index in [9.17, 15) is 9.59 Å². The van der Waals surface area contributed by atoms with E-state index >= 15 is 0 Å². The maximum Gasteiger partial charge on any atom is 0.417 e. The van der Waals surface area contributed by atoms with E-state index in [0.717, 1.165) is 32.1 Å². The number of carbonyl (C=O) groups is 2. The van der Waals surface area contributed by atoms with Gasteiger partial charge in [0.15, 0.2) is 0 Å². The molecule has 0 aromatic carbocycles. The first-order chi connectivity index (χ1) is 6.03. The summed E-state index contributed by atoms with van der Waals surface area (Å²) in [5.74, 6) is -2.64. The summed E-state index contributed by atoms with van der Waals surface area (Å²) in [4.78, 5) is 21.0. The van der Waals surface area contributed by atoms with Crippen molar-refractivity contribution in [3.8, 4) is 0 Å². The number of esters is 1. The lowest BCUT2D eigenvalue weighted by Gasteiger charge is -2.32. The van der Waals surface area contributed by atoms with Crippen molar-refractivity contribution in [2.75, 3.05) is 0 Å². The first kappa shape index (κ1) is 10.0. The number of carboxylic acids is 1. The molecule has 1 N–H and O–H groups in total. The number of hydrogen-bond donors (Lipinski definition) is 1. The Morgan fingerprint density at radius 2 is 1.77 bits per heavy atom. The molecule has 0 aromatic heterocycles. The number of ether oxygens (including phenoxy) is 1. The topological polar surface area (TPSA) is 63.6 Å². The fourth-order valence-corrected chi connectivity index (χ4v) is 1.67. The number of aliphatic carboxylic acids is 1. The minimum Gasteiger partial charge on any atom is -0.473 e. The molecule has 1 aliphatic rings. The van der Waals surface area contributed by atoms with E-state index < -0.39 is 17.5 Å². The molecule has 0 saturated heterocycles. The Morgan fingerprint density at radius 1 is 1.23 bits per heavy atom. The molecule has 1 rings (SSSR count). The van der Waals surface area contributed by atoms with Crippen LogP contribution in [0.15, 0.2) is 0 Å². The van der Waals surface area contributed by atoms with Crippen LogP contribution in [0.4, 0.5) is 0 Å². The van der Waals surface area contributed by atoms with Crippen molar-refractivity contribution in [1.29, 1.82) is 0 Å². The van der Waals surface area contributed by atoms with Crippen LogP contribution in [0.5, 0.6) is 0 Å². The van der Waals surface area contributed by atoms with Crippen molar-refractivity contribution in [1.82, 2.24) is 0 Å². The molecular weight excluding hydrogens is 172 g/mol. The SMILES string of the molecule is CC1(OC(=O)C(=O)O)CCCCC1. The van der Waals surface area contributed by atoms with E-state index in [1.54, 1.807) is 6.92 Å². The summed E-state index contributed by atoms with van der Waals surface area (Å²) in [7, 11) is 0. The lowest BCUT2D eigenvalue weighted by molar-refractivity contribution is -0.175. The fraction of sp³-hybridized carbons (Fsp3) is 0.778. The van der Waals surface area contributed by atoms with Gasteiger partial charge in [0.2, 0.25) is 0 Å². The third-order valence-electron chi connectivity index (χ3n) is 2.42. The second-order valence-electron chi connectivity index (χ2n) is 3.71. The van der Waals surface area contributed by atoms with E-state index in [1.165, 1.54) is 0 Å². The van der Waals surface area contributed by atoms with Crippen molar-refractivity contribution in [2.45, 2.75) is 44.6 Å². The highest BCUT2D eigenvalue weighted by atomic mass is 16.6. The highest BCUT2D eigenvalue weighted by Crippen LogP contribution is 2.30. The van der Waals surface area contributed by atoms with Crippen LogP contribution >= 0.6 is 0 Å². The first-order valence-electron chi connectivity index (χ1n) is 4.50. The van der Waals surface area contributed by atoms with Crippen LogP contribution in [-0.2, 0) is 14.3 Å². The highest BCUT2D eigenvalue weighted by Gasteiger charge is 2.32. The van der Waals surface area contributed by atoms with Crippen LogP contribution in [0, 0.1) is 0 Å². The molecule has 4 nitrogen and oxygen atoms in total. The van der Waals surface area contributed by atoms with Crippen LogP contribution in [0.2, 0.25) is 0 Å². The number of carbonyl (C=O) groups excluding carboxylic acids is 1. The summed E-state index contributed by atoms with van der Waals surface area (Å²) >= 11 is 0. The molecule has 1 saturated carbocycles. The normalized spacial score (nSPS) is 20.7. The van der Waals surface area contributed by atoms with Gasteiger partial charge in [-0.05, 0) is 32.6 Å². The quantitative estimate of drug-likeness (QED) is 0.495. The summed E-state index contributed by atoms with van der Waals surface area (Å²) in [5, 5.41) is 8.35. The summed E-state index contributed by atoms with van der Waals surface area (Å²) in [6, 6.07) is 0. The lowest BCUT2D eigenvalue weighted by Crippen LogP contribution is -2.36. The van der Waals surface area contributed by atoms with Crippen LogP contribution in [0.1, 0.15) is 39.0 Å². The molecule has 13 heavy (non-hydrogen) atoms. The monoisotopic (exact) mass is 186 g/mol. The van der Waals surface area contributed by atoms with Gasteiger partial charge in [0.1, 0.15) is 5.60 Å². The van der Waals surface area contributed by atoms with Crippen LogP contribution in [0.25, 0.3) is 0 Å². The average molecular weight is 186 g/mol. The van der Waals surface area contributed by atoms with Crippen molar-refractivity contribution < 1.29 is 19.4 Å². The predicted octanol–water partition coefficient (Wildman–Crippen LogP) is 1.34. The van der Waals surface area contributed by atoms with Gasteiger partial charge in [-0.15, -0.1) is 0 Å². The van der Waals surface area contributed by atoms with Crippen molar-refractivity contribution in [3.05, 3.63) is 0 Å². The second-order valence-corrected chi connectivity index (χ2v) is 3.71. The lowest BCUT2D eigenvalue weighted by atomic mass is 9.86. The molecule has 1 aliphatic carbocycles. The minimum atomic E-state index is -1.51.